The molecule has 5 heteroatoms. The van der Waals surface area contributed by atoms with E-state index in [2.05, 4.69) is 5.32 Å². The van der Waals surface area contributed by atoms with Crippen LogP contribution in [-0.4, -0.2) is 23.2 Å². The van der Waals surface area contributed by atoms with E-state index < -0.39 is 11.9 Å². The average molecular weight is 283 g/mol. The monoisotopic (exact) mass is 283 g/mol. The fourth-order valence-corrected chi connectivity index (χ4v) is 1.62. The van der Waals surface area contributed by atoms with Crippen molar-refractivity contribution in [2.45, 2.75) is 45.8 Å². The van der Waals surface area contributed by atoms with Gasteiger partial charge in [0.1, 0.15) is 11.6 Å². The molecule has 1 aromatic carbocycles. The summed E-state index contributed by atoms with van der Waals surface area (Å²) in [4.78, 5) is 11.8. The second kappa shape index (κ2) is 6.70. The Labute approximate surface area is 119 Å². The molecule has 0 saturated carbocycles. The van der Waals surface area contributed by atoms with Crippen LogP contribution in [0.5, 0.6) is 5.75 Å². The van der Waals surface area contributed by atoms with E-state index in [1.165, 1.54) is 18.2 Å². The predicted molar refractivity (Wildman–Crippen MR) is 75.0 cm³/mol. The molecule has 1 atom stereocenters. The number of benzene rings is 1. The van der Waals surface area contributed by atoms with E-state index in [1.807, 2.05) is 20.8 Å². The minimum atomic E-state index is -0.791. The van der Waals surface area contributed by atoms with Crippen LogP contribution < -0.4 is 10.1 Å². The van der Waals surface area contributed by atoms with Gasteiger partial charge in [0, 0.05) is 17.2 Å². The maximum Gasteiger partial charge on any atom is 0.258 e. The van der Waals surface area contributed by atoms with E-state index in [1.54, 1.807) is 6.92 Å². The number of aliphatic hydroxyl groups excluding tert-OH is 1. The van der Waals surface area contributed by atoms with Gasteiger partial charge < -0.3 is 15.2 Å². The standard InChI is InChI=1S/C15H22FNO3/c1-5-15(3,4)17-14(19)9-20-13-8-11(16)6-7-12(13)10(2)18/h6-8,10,18H,5,9H2,1-4H3,(H,17,19)/t10-/m1/s1. The molecule has 0 heterocycles. The van der Waals surface area contributed by atoms with Crippen molar-refractivity contribution in [2.24, 2.45) is 0 Å². The Hall–Kier alpha value is -1.62. The highest BCUT2D eigenvalue weighted by atomic mass is 19.1. The maximum atomic E-state index is 13.2. The van der Waals surface area contributed by atoms with E-state index in [4.69, 9.17) is 4.74 Å². The molecule has 20 heavy (non-hydrogen) atoms. The maximum absolute atomic E-state index is 13.2. The summed E-state index contributed by atoms with van der Waals surface area (Å²) >= 11 is 0. The molecule has 0 bridgehead atoms. The molecule has 112 valence electrons. The largest absolute Gasteiger partial charge is 0.483 e. The summed E-state index contributed by atoms with van der Waals surface area (Å²) in [6.07, 6.45) is -0.00166. The first-order valence-electron chi connectivity index (χ1n) is 6.66. The number of hydrogen-bond donors (Lipinski definition) is 2. The Morgan fingerprint density at radius 2 is 2.15 bits per heavy atom. The number of carbonyl (C=O) groups excluding carboxylic acids is 1. The first-order chi connectivity index (χ1) is 9.25. The molecule has 2 N–H and O–H groups in total. The number of amides is 1. The Bertz CT molecular complexity index is 472. The van der Waals surface area contributed by atoms with Crippen LogP contribution in [0.3, 0.4) is 0 Å². The smallest absolute Gasteiger partial charge is 0.258 e. The molecular weight excluding hydrogens is 261 g/mol. The van der Waals surface area contributed by atoms with Crippen molar-refractivity contribution in [1.82, 2.24) is 5.32 Å². The second-order valence-electron chi connectivity index (χ2n) is 5.43. The van der Waals surface area contributed by atoms with Crippen molar-refractivity contribution in [3.8, 4) is 5.75 Å². The molecule has 1 aromatic rings. The molecule has 4 nitrogen and oxygen atoms in total. The molecule has 0 saturated heterocycles. The van der Waals surface area contributed by atoms with E-state index in [9.17, 15) is 14.3 Å². The lowest BCUT2D eigenvalue weighted by molar-refractivity contribution is -0.124. The third-order valence-electron chi connectivity index (χ3n) is 3.15. The summed E-state index contributed by atoms with van der Waals surface area (Å²) in [5.41, 5.74) is 0.143. The SMILES string of the molecule is CCC(C)(C)NC(=O)COc1cc(F)ccc1[C@@H](C)O. The van der Waals surface area contributed by atoms with E-state index in [-0.39, 0.29) is 23.8 Å². The van der Waals surface area contributed by atoms with Crippen LogP contribution in [0.15, 0.2) is 18.2 Å². The van der Waals surface area contributed by atoms with Crippen LogP contribution >= 0.6 is 0 Å². The van der Waals surface area contributed by atoms with Crippen molar-refractivity contribution in [3.63, 3.8) is 0 Å². The van der Waals surface area contributed by atoms with Gasteiger partial charge in [-0.25, -0.2) is 4.39 Å². The minimum Gasteiger partial charge on any atom is -0.483 e. The van der Waals surface area contributed by atoms with E-state index >= 15 is 0 Å². The fraction of sp³-hybridized carbons (Fsp3) is 0.533. The van der Waals surface area contributed by atoms with E-state index in [0.29, 0.717) is 5.56 Å². The first kappa shape index (κ1) is 16.4. The van der Waals surface area contributed by atoms with Gasteiger partial charge >= 0.3 is 0 Å². The van der Waals surface area contributed by atoms with Crippen molar-refractivity contribution >= 4 is 5.91 Å². The van der Waals surface area contributed by atoms with E-state index in [0.717, 1.165) is 6.42 Å². The van der Waals surface area contributed by atoms with Gasteiger partial charge in [-0.3, -0.25) is 4.79 Å². The topological polar surface area (TPSA) is 58.6 Å². The lowest BCUT2D eigenvalue weighted by Gasteiger charge is -2.24. The summed E-state index contributed by atoms with van der Waals surface area (Å²) in [5, 5.41) is 12.4. The summed E-state index contributed by atoms with van der Waals surface area (Å²) in [7, 11) is 0. The first-order valence-corrected chi connectivity index (χ1v) is 6.66. The quantitative estimate of drug-likeness (QED) is 0.843. The molecule has 0 aromatic heterocycles. The van der Waals surface area contributed by atoms with Crippen LogP contribution in [0.4, 0.5) is 4.39 Å². The van der Waals surface area contributed by atoms with Crippen molar-refractivity contribution in [1.29, 1.82) is 0 Å². The Morgan fingerprint density at radius 3 is 2.70 bits per heavy atom. The van der Waals surface area contributed by atoms with Gasteiger partial charge in [-0.05, 0) is 39.3 Å². The summed E-state index contributed by atoms with van der Waals surface area (Å²) in [6, 6.07) is 3.86. The molecule has 1 rings (SSSR count). The Balaban J connectivity index is 2.70. The van der Waals surface area contributed by atoms with Crippen molar-refractivity contribution in [2.75, 3.05) is 6.61 Å². The van der Waals surface area contributed by atoms with Crippen LogP contribution in [0.2, 0.25) is 0 Å². The molecule has 0 aliphatic carbocycles. The van der Waals surface area contributed by atoms with Gasteiger partial charge in [0.2, 0.25) is 0 Å². The number of rotatable bonds is 6. The van der Waals surface area contributed by atoms with Gasteiger partial charge in [0.25, 0.3) is 5.91 Å². The average Bonchev–Trinajstić information content (AvgIpc) is 2.35. The molecule has 0 unspecified atom stereocenters. The van der Waals surface area contributed by atoms with Crippen molar-refractivity contribution < 1.29 is 19.0 Å². The number of carbonyl (C=O) groups is 1. The molecule has 0 aliphatic heterocycles. The highest BCUT2D eigenvalue weighted by Gasteiger charge is 2.18. The second-order valence-corrected chi connectivity index (χ2v) is 5.43. The Kier molecular flexibility index (Phi) is 5.51. The van der Waals surface area contributed by atoms with Gasteiger partial charge in [0.05, 0.1) is 6.10 Å². The highest BCUT2D eigenvalue weighted by molar-refractivity contribution is 5.78. The predicted octanol–water partition coefficient (Wildman–Crippen LogP) is 2.56. The number of aliphatic hydroxyl groups is 1. The van der Waals surface area contributed by atoms with Crippen LogP contribution in [0.1, 0.15) is 45.8 Å². The number of hydrogen-bond acceptors (Lipinski definition) is 3. The number of ether oxygens (including phenoxy) is 1. The van der Waals surface area contributed by atoms with Crippen LogP contribution in [-0.2, 0) is 4.79 Å². The van der Waals surface area contributed by atoms with Crippen LogP contribution in [0, 0.1) is 5.82 Å². The van der Waals surface area contributed by atoms with Gasteiger partial charge in [0.15, 0.2) is 6.61 Å². The van der Waals surface area contributed by atoms with Gasteiger partial charge in [-0.15, -0.1) is 0 Å². The van der Waals surface area contributed by atoms with Gasteiger partial charge in [-0.1, -0.05) is 6.92 Å². The van der Waals surface area contributed by atoms with Gasteiger partial charge in [-0.2, -0.15) is 0 Å². The summed E-state index contributed by atoms with van der Waals surface area (Å²) in [5.74, 6) is -0.569. The number of halogens is 1. The summed E-state index contributed by atoms with van der Waals surface area (Å²) in [6.45, 7) is 7.13. The molecule has 0 fully saturated rings. The fourth-order valence-electron chi connectivity index (χ4n) is 1.62. The molecule has 0 aliphatic rings. The number of nitrogens with one attached hydrogen (secondary N) is 1. The minimum absolute atomic E-state index is 0.185. The Morgan fingerprint density at radius 1 is 1.50 bits per heavy atom. The third kappa shape index (κ3) is 4.81. The lowest BCUT2D eigenvalue weighted by atomic mass is 10.0. The van der Waals surface area contributed by atoms with Crippen LogP contribution in [0.25, 0.3) is 0 Å². The molecule has 0 radical (unpaired) electrons. The van der Waals surface area contributed by atoms with Crippen molar-refractivity contribution in [3.05, 3.63) is 29.6 Å². The molecule has 1 amide bonds. The molecule has 0 spiro atoms. The zero-order chi connectivity index (χ0) is 15.3. The normalized spacial score (nSPS) is 12.9. The summed E-state index contributed by atoms with van der Waals surface area (Å²) < 4.78 is 18.5. The highest BCUT2D eigenvalue weighted by Crippen LogP contribution is 2.25. The zero-order valence-electron chi connectivity index (χ0n) is 12.4. The third-order valence-corrected chi connectivity index (χ3v) is 3.15. The zero-order valence-corrected chi connectivity index (χ0v) is 12.4. The molecular formula is C15H22FNO3. The lowest BCUT2D eigenvalue weighted by Crippen LogP contribution is -2.44.